The number of benzene rings is 3. The van der Waals surface area contributed by atoms with Gasteiger partial charge in [0.15, 0.2) is 11.5 Å². The first-order valence-corrected chi connectivity index (χ1v) is 9.81. The largest absolute Gasteiger partial charge is 0.454 e. The number of hydrogen-bond donors (Lipinski definition) is 2. The molecule has 2 N–H and O–H groups in total. The van der Waals surface area contributed by atoms with Crippen molar-refractivity contribution in [3.8, 4) is 11.5 Å². The number of carbonyl (C=O) groups excluding carboxylic acids is 2. The fourth-order valence-corrected chi connectivity index (χ4v) is 3.40. The van der Waals surface area contributed by atoms with Crippen LogP contribution in [-0.2, 0) is 4.79 Å². The first-order chi connectivity index (χ1) is 14.6. The fourth-order valence-electron chi connectivity index (χ4n) is 3.40. The molecule has 30 heavy (non-hydrogen) atoms. The lowest BCUT2D eigenvalue weighted by atomic mass is 9.95. The van der Waals surface area contributed by atoms with Gasteiger partial charge in [0.1, 0.15) is 0 Å². The molecule has 3 aromatic rings. The number of nitrogens with one attached hydrogen (secondary N) is 2. The number of carbonyl (C=O) groups is 2. The van der Waals surface area contributed by atoms with Gasteiger partial charge in [-0.1, -0.05) is 43.3 Å². The van der Waals surface area contributed by atoms with Crippen molar-refractivity contribution in [3.05, 3.63) is 83.9 Å². The second-order valence-corrected chi connectivity index (χ2v) is 6.96. The van der Waals surface area contributed by atoms with Crippen LogP contribution in [0.2, 0.25) is 0 Å². The van der Waals surface area contributed by atoms with Crippen molar-refractivity contribution in [2.45, 2.75) is 19.3 Å². The first kappa shape index (κ1) is 19.5. The highest BCUT2D eigenvalue weighted by Crippen LogP contribution is 2.32. The quantitative estimate of drug-likeness (QED) is 0.621. The van der Waals surface area contributed by atoms with Crippen molar-refractivity contribution in [1.29, 1.82) is 0 Å². The van der Waals surface area contributed by atoms with Crippen LogP contribution in [0.25, 0.3) is 0 Å². The van der Waals surface area contributed by atoms with E-state index in [0.29, 0.717) is 34.9 Å². The van der Waals surface area contributed by atoms with Gasteiger partial charge in [0.25, 0.3) is 5.91 Å². The Kier molecular flexibility index (Phi) is 5.66. The van der Waals surface area contributed by atoms with Crippen LogP contribution in [-0.4, -0.2) is 18.6 Å². The average molecular weight is 402 g/mol. The normalized spacial score (nSPS) is 12.8. The molecule has 0 saturated heterocycles. The third kappa shape index (κ3) is 4.27. The molecule has 0 aliphatic carbocycles. The van der Waals surface area contributed by atoms with Crippen molar-refractivity contribution in [2.24, 2.45) is 0 Å². The summed E-state index contributed by atoms with van der Waals surface area (Å²) in [6, 6.07) is 21.8. The standard InChI is InChI=1S/C24H22N2O4/c1-2-20(16-7-4-3-5-8-16)24(28)26-19-10-6-9-18(14-19)25-23(27)17-11-12-21-22(13-17)30-15-29-21/h3-14,20H,2,15H2,1H3,(H,25,27)(H,26,28)/t20-/m0/s1. The summed E-state index contributed by atoms with van der Waals surface area (Å²) in [5.41, 5.74) is 2.65. The minimum absolute atomic E-state index is 0.0806. The van der Waals surface area contributed by atoms with E-state index >= 15 is 0 Å². The molecule has 3 aromatic carbocycles. The summed E-state index contributed by atoms with van der Waals surface area (Å²) < 4.78 is 10.6. The molecule has 0 fully saturated rings. The second kappa shape index (κ2) is 8.69. The van der Waals surface area contributed by atoms with Gasteiger partial charge in [0.05, 0.1) is 5.92 Å². The number of fused-ring (bicyclic) bond motifs is 1. The molecule has 4 rings (SSSR count). The zero-order chi connectivity index (χ0) is 20.9. The Morgan fingerprint density at radius 1 is 0.867 bits per heavy atom. The third-order valence-electron chi connectivity index (χ3n) is 4.95. The lowest BCUT2D eigenvalue weighted by Gasteiger charge is -2.16. The predicted octanol–water partition coefficient (Wildman–Crippen LogP) is 4.80. The zero-order valence-corrected chi connectivity index (χ0v) is 16.6. The van der Waals surface area contributed by atoms with Crippen LogP contribution in [0.3, 0.4) is 0 Å². The van der Waals surface area contributed by atoms with E-state index in [-0.39, 0.29) is 24.5 Å². The van der Waals surface area contributed by atoms with E-state index < -0.39 is 0 Å². The van der Waals surface area contributed by atoms with Crippen molar-refractivity contribution in [1.82, 2.24) is 0 Å². The Morgan fingerprint density at radius 3 is 2.37 bits per heavy atom. The number of rotatable bonds is 6. The van der Waals surface area contributed by atoms with Gasteiger partial charge in [-0.15, -0.1) is 0 Å². The number of ether oxygens (including phenoxy) is 2. The lowest BCUT2D eigenvalue weighted by molar-refractivity contribution is -0.117. The molecule has 1 heterocycles. The maximum atomic E-state index is 12.8. The summed E-state index contributed by atoms with van der Waals surface area (Å²) in [6.07, 6.45) is 0.691. The van der Waals surface area contributed by atoms with Crippen LogP contribution in [0.4, 0.5) is 11.4 Å². The Hall–Kier alpha value is -3.80. The van der Waals surface area contributed by atoms with E-state index in [4.69, 9.17) is 9.47 Å². The first-order valence-electron chi connectivity index (χ1n) is 9.81. The van der Waals surface area contributed by atoms with Crippen LogP contribution < -0.4 is 20.1 Å². The average Bonchev–Trinajstić information content (AvgIpc) is 3.23. The molecular weight excluding hydrogens is 380 g/mol. The van der Waals surface area contributed by atoms with Gasteiger partial charge in [-0.3, -0.25) is 9.59 Å². The molecule has 1 atom stereocenters. The van der Waals surface area contributed by atoms with Gasteiger partial charge >= 0.3 is 0 Å². The van der Waals surface area contributed by atoms with Gasteiger partial charge in [-0.05, 0) is 48.4 Å². The van der Waals surface area contributed by atoms with Crippen molar-refractivity contribution in [3.63, 3.8) is 0 Å². The highest BCUT2D eigenvalue weighted by molar-refractivity contribution is 6.05. The van der Waals surface area contributed by atoms with Crippen molar-refractivity contribution < 1.29 is 19.1 Å². The molecule has 2 amide bonds. The topological polar surface area (TPSA) is 76.7 Å². The van der Waals surface area contributed by atoms with Crippen LogP contribution in [0.15, 0.2) is 72.8 Å². The molecule has 6 heteroatoms. The molecule has 0 bridgehead atoms. The van der Waals surface area contributed by atoms with Gasteiger partial charge in [0, 0.05) is 16.9 Å². The Bertz CT molecular complexity index is 1070. The molecule has 152 valence electrons. The summed E-state index contributed by atoms with van der Waals surface area (Å²) in [5, 5.41) is 5.80. The molecule has 1 aliphatic rings. The Morgan fingerprint density at radius 2 is 1.60 bits per heavy atom. The van der Waals surface area contributed by atoms with E-state index in [9.17, 15) is 9.59 Å². The molecule has 6 nitrogen and oxygen atoms in total. The third-order valence-corrected chi connectivity index (χ3v) is 4.95. The van der Waals surface area contributed by atoms with Crippen molar-refractivity contribution in [2.75, 3.05) is 17.4 Å². The SMILES string of the molecule is CC[C@H](C(=O)Nc1cccc(NC(=O)c2ccc3c(c2)OCO3)c1)c1ccccc1. The second-order valence-electron chi connectivity index (χ2n) is 6.96. The van der Waals surface area contributed by atoms with Gasteiger partial charge in [0.2, 0.25) is 12.7 Å². The number of amides is 2. The van der Waals surface area contributed by atoms with E-state index in [1.165, 1.54) is 0 Å². The summed E-state index contributed by atoms with van der Waals surface area (Å²) in [6.45, 7) is 2.14. The molecular formula is C24H22N2O4. The molecule has 0 saturated carbocycles. The predicted molar refractivity (Wildman–Crippen MR) is 115 cm³/mol. The van der Waals surface area contributed by atoms with Crippen LogP contribution in [0, 0.1) is 0 Å². The van der Waals surface area contributed by atoms with E-state index in [0.717, 1.165) is 5.56 Å². The van der Waals surface area contributed by atoms with Crippen LogP contribution in [0.1, 0.15) is 35.2 Å². The Labute approximate surface area is 174 Å². The van der Waals surface area contributed by atoms with Crippen molar-refractivity contribution >= 4 is 23.2 Å². The minimum Gasteiger partial charge on any atom is -0.454 e. The van der Waals surface area contributed by atoms with E-state index in [1.807, 2.05) is 37.3 Å². The monoisotopic (exact) mass is 402 g/mol. The van der Waals surface area contributed by atoms with Crippen LogP contribution in [0.5, 0.6) is 11.5 Å². The molecule has 0 spiro atoms. The van der Waals surface area contributed by atoms with Gasteiger partial charge in [-0.2, -0.15) is 0 Å². The summed E-state index contributed by atoms with van der Waals surface area (Å²) in [4.78, 5) is 25.4. The molecule has 0 radical (unpaired) electrons. The van der Waals surface area contributed by atoms with E-state index in [2.05, 4.69) is 10.6 Å². The molecule has 0 aromatic heterocycles. The fraction of sp³-hybridized carbons (Fsp3) is 0.167. The molecule has 1 aliphatic heterocycles. The molecule has 0 unspecified atom stereocenters. The summed E-state index contributed by atoms with van der Waals surface area (Å²) in [7, 11) is 0. The lowest BCUT2D eigenvalue weighted by Crippen LogP contribution is -2.20. The minimum atomic E-state index is -0.271. The smallest absolute Gasteiger partial charge is 0.255 e. The van der Waals surface area contributed by atoms with E-state index in [1.54, 1.807) is 42.5 Å². The summed E-state index contributed by atoms with van der Waals surface area (Å²) >= 11 is 0. The highest BCUT2D eigenvalue weighted by atomic mass is 16.7. The van der Waals surface area contributed by atoms with Gasteiger partial charge in [-0.25, -0.2) is 0 Å². The number of hydrogen-bond acceptors (Lipinski definition) is 4. The Balaban J connectivity index is 1.45. The van der Waals surface area contributed by atoms with Gasteiger partial charge < -0.3 is 20.1 Å². The highest BCUT2D eigenvalue weighted by Gasteiger charge is 2.19. The zero-order valence-electron chi connectivity index (χ0n) is 16.6. The maximum Gasteiger partial charge on any atom is 0.255 e. The summed E-state index contributed by atoms with van der Waals surface area (Å²) in [5.74, 6) is 0.587. The number of anilines is 2. The maximum absolute atomic E-state index is 12.8. The van der Waals surface area contributed by atoms with Crippen LogP contribution >= 0.6 is 0 Å².